The number of sulfone groups is 1. The number of nitrogens with one attached hydrogen (secondary N) is 1. The molecular formula is C21H18ClNO4S2. The van der Waals surface area contributed by atoms with Crippen molar-refractivity contribution in [2.24, 2.45) is 0 Å². The third-order valence-electron chi connectivity index (χ3n) is 4.76. The summed E-state index contributed by atoms with van der Waals surface area (Å²) in [5, 5.41) is 4.82. The van der Waals surface area contributed by atoms with E-state index in [1.165, 1.54) is 35.6 Å². The van der Waals surface area contributed by atoms with Crippen molar-refractivity contribution in [3.05, 3.63) is 69.4 Å². The lowest BCUT2D eigenvalue weighted by Crippen LogP contribution is -2.23. The Morgan fingerprint density at radius 3 is 2.62 bits per heavy atom. The van der Waals surface area contributed by atoms with Crippen LogP contribution in [0.5, 0.6) is 5.75 Å². The minimum absolute atomic E-state index is 0.103. The first kappa shape index (κ1) is 19.9. The summed E-state index contributed by atoms with van der Waals surface area (Å²) >= 11 is 7.22. The van der Waals surface area contributed by atoms with E-state index in [-0.39, 0.29) is 28.0 Å². The average molecular weight is 448 g/mol. The normalized spacial score (nSPS) is 16.2. The van der Waals surface area contributed by atoms with Crippen molar-refractivity contribution in [3.8, 4) is 5.75 Å². The predicted molar refractivity (Wildman–Crippen MR) is 114 cm³/mol. The topological polar surface area (TPSA) is 72.5 Å². The molecule has 1 atom stereocenters. The molecule has 1 aliphatic heterocycles. The van der Waals surface area contributed by atoms with E-state index in [2.05, 4.69) is 5.32 Å². The Morgan fingerprint density at radius 2 is 1.90 bits per heavy atom. The number of anilines is 1. The minimum Gasteiger partial charge on any atom is -0.494 e. The van der Waals surface area contributed by atoms with Gasteiger partial charge in [-0.2, -0.15) is 0 Å². The summed E-state index contributed by atoms with van der Waals surface area (Å²) in [5.41, 5.74) is 1.24. The van der Waals surface area contributed by atoms with Gasteiger partial charge in [-0.1, -0.05) is 29.8 Å². The molecule has 1 aliphatic rings. The number of para-hydroxylation sites is 1. The van der Waals surface area contributed by atoms with Crippen molar-refractivity contribution in [1.82, 2.24) is 0 Å². The smallest absolute Gasteiger partial charge is 0.225 e. The number of thiophene rings is 1. The molecule has 2 aromatic carbocycles. The van der Waals surface area contributed by atoms with E-state index in [0.29, 0.717) is 23.1 Å². The fraction of sp³-hybridized carbons (Fsp3) is 0.190. The molecule has 1 N–H and O–H groups in total. The number of ether oxygens (including phenoxy) is 1. The van der Waals surface area contributed by atoms with Crippen molar-refractivity contribution < 1.29 is 17.9 Å². The highest BCUT2D eigenvalue weighted by Gasteiger charge is 2.35. The van der Waals surface area contributed by atoms with Crippen LogP contribution in [-0.2, 0) is 14.6 Å². The van der Waals surface area contributed by atoms with Crippen LogP contribution in [0.3, 0.4) is 0 Å². The van der Waals surface area contributed by atoms with Crippen LogP contribution < -0.4 is 10.1 Å². The van der Waals surface area contributed by atoms with E-state index in [1.807, 2.05) is 31.2 Å². The van der Waals surface area contributed by atoms with Crippen LogP contribution in [0, 0.1) is 0 Å². The molecule has 0 aliphatic carbocycles. The van der Waals surface area contributed by atoms with Gasteiger partial charge in [-0.3, -0.25) is 4.79 Å². The fourth-order valence-corrected chi connectivity index (χ4v) is 6.47. The van der Waals surface area contributed by atoms with E-state index in [0.717, 1.165) is 10.4 Å². The molecule has 0 radical (unpaired) electrons. The van der Waals surface area contributed by atoms with Crippen molar-refractivity contribution in [1.29, 1.82) is 0 Å². The van der Waals surface area contributed by atoms with Crippen molar-refractivity contribution in [2.75, 3.05) is 11.9 Å². The van der Waals surface area contributed by atoms with E-state index < -0.39 is 9.84 Å². The van der Waals surface area contributed by atoms with Crippen molar-refractivity contribution in [3.63, 3.8) is 0 Å². The maximum Gasteiger partial charge on any atom is 0.225 e. The van der Waals surface area contributed by atoms with Crippen molar-refractivity contribution >= 4 is 44.4 Å². The first-order valence-electron chi connectivity index (χ1n) is 9.05. The van der Waals surface area contributed by atoms with Gasteiger partial charge in [-0.05, 0) is 37.3 Å². The van der Waals surface area contributed by atoms with Gasteiger partial charge in [-0.15, -0.1) is 11.3 Å². The van der Waals surface area contributed by atoms with Crippen LogP contribution >= 0.6 is 22.9 Å². The lowest BCUT2D eigenvalue weighted by molar-refractivity contribution is -0.116. The summed E-state index contributed by atoms with van der Waals surface area (Å²) in [4.78, 5) is 13.5. The Balaban J connectivity index is 1.82. The van der Waals surface area contributed by atoms with Crippen LogP contribution in [0.15, 0.2) is 63.7 Å². The SMILES string of the molecule is CCOc1ccccc1C1CC(=O)Nc2c(S(=O)(=O)c3ccc(Cl)cc3)csc21. The number of halogens is 1. The van der Waals surface area contributed by atoms with Crippen LogP contribution in [-0.4, -0.2) is 20.9 Å². The zero-order valence-electron chi connectivity index (χ0n) is 15.5. The molecule has 150 valence electrons. The first-order chi connectivity index (χ1) is 13.9. The molecular weight excluding hydrogens is 430 g/mol. The van der Waals surface area contributed by atoms with Crippen LogP contribution in [0.25, 0.3) is 0 Å². The summed E-state index contributed by atoms with van der Waals surface area (Å²) < 4.78 is 32.1. The molecule has 3 aromatic rings. The summed E-state index contributed by atoms with van der Waals surface area (Å²) in [6, 6.07) is 13.6. The number of benzene rings is 2. The zero-order chi connectivity index (χ0) is 20.6. The zero-order valence-corrected chi connectivity index (χ0v) is 17.9. The summed E-state index contributed by atoms with van der Waals surface area (Å²) in [7, 11) is -3.80. The van der Waals surface area contributed by atoms with Gasteiger partial charge in [0.05, 0.1) is 17.2 Å². The van der Waals surface area contributed by atoms with Gasteiger partial charge in [0.2, 0.25) is 15.7 Å². The number of hydrogen-bond donors (Lipinski definition) is 1. The van der Waals surface area contributed by atoms with Crippen LogP contribution in [0.4, 0.5) is 5.69 Å². The molecule has 29 heavy (non-hydrogen) atoms. The van der Waals surface area contributed by atoms with E-state index in [1.54, 1.807) is 5.38 Å². The van der Waals surface area contributed by atoms with Crippen LogP contribution in [0.1, 0.15) is 29.7 Å². The molecule has 0 saturated carbocycles. The van der Waals surface area contributed by atoms with E-state index in [4.69, 9.17) is 16.3 Å². The average Bonchev–Trinajstić information content (AvgIpc) is 3.13. The second kappa shape index (κ2) is 7.82. The Morgan fingerprint density at radius 1 is 1.17 bits per heavy atom. The van der Waals surface area contributed by atoms with Gasteiger partial charge in [-0.25, -0.2) is 8.42 Å². The highest BCUT2D eigenvalue weighted by atomic mass is 35.5. The van der Waals surface area contributed by atoms with E-state index >= 15 is 0 Å². The summed E-state index contributed by atoms with van der Waals surface area (Å²) in [5.74, 6) is 0.219. The molecule has 1 amide bonds. The number of carbonyl (C=O) groups is 1. The first-order valence-corrected chi connectivity index (χ1v) is 11.8. The Bertz CT molecular complexity index is 1170. The molecule has 0 bridgehead atoms. The molecule has 2 heterocycles. The highest BCUT2D eigenvalue weighted by molar-refractivity contribution is 7.91. The third-order valence-corrected chi connectivity index (χ3v) is 8.05. The van der Waals surface area contributed by atoms with Gasteiger partial charge >= 0.3 is 0 Å². The van der Waals surface area contributed by atoms with E-state index in [9.17, 15) is 13.2 Å². The van der Waals surface area contributed by atoms with Crippen LogP contribution in [0.2, 0.25) is 5.02 Å². The number of amides is 1. The Kier molecular flexibility index (Phi) is 5.38. The molecule has 0 spiro atoms. The summed E-state index contributed by atoms with van der Waals surface area (Å²) in [6.45, 7) is 2.40. The van der Waals surface area contributed by atoms with Gasteiger partial charge in [0.1, 0.15) is 10.6 Å². The Hall–Kier alpha value is -2.35. The van der Waals surface area contributed by atoms with Gasteiger partial charge in [0.25, 0.3) is 0 Å². The molecule has 1 aromatic heterocycles. The third kappa shape index (κ3) is 3.66. The predicted octanol–water partition coefficient (Wildman–Crippen LogP) is 5.11. The highest BCUT2D eigenvalue weighted by Crippen LogP contribution is 2.47. The number of fused-ring (bicyclic) bond motifs is 1. The quantitative estimate of drug-likeness (QED) is 0.590. The number of carbonyl (C=O) groups excluding carboxylic acids is 1. The fourth-order valence-electron chi connectivity index (χ4n) is 3.45. The Labute approximate surface area is 178 Å². The molecule has 0 saturated heterocycles. The lowest BCUT2D eigenvalue weighted by atomic mass is 9.90. The monoisotopic (exact) mass is 447 g/mol. The maximum absolute atomic E-state index is 13.2. The molecule has 0 fully saturated rings. The summed E-state index contributed by atoms with van der Waals surface area (Å²) in [6.07, 6.45) is 0.234. The van der Waals surface area contributed by atoms with Gasteiger partial charge in [0, 0.05) is 33.2 Å². The lowest BCUT2D eigenvalue weighted by Gasteiger charge is -2.25. The largest absolute Gasteiger partial charge is 0.494 e. The molecule has 5 nitrogen and oxygen atoms in total. The number of rotatable bonds is 5. The molecule has 1 unspecified atom stereocenters. The number of hydrogen-bond acceptors (Lipinski definition) is 5. The van der Waals surface area contributed by atoms with Gasteiger partial charge in [0.15, 0.2) is 0 Å². The second-order valence-electron chi connectivity index (χ2n) is 6.57. The van der Waals surface area contributed by atoms with Gasteiger partial charge < -0.3 is 10.1 Å². The molecule has 8 heteroatoms. The van der Waals surface area contributed by atoms with Crippen molar-refractivity contribution in [2.45, 2.75) is 29.1 Å². The maximum atomic E-state index is 13.2. The minimum atomic E-state index is -3.80. The second-order valence-corrected chi connectivity index (χ2v) is 9.84. The standard InChI is InChI=1S/C21H18ClNO4S2/c1-2-27-17-6-4-3-5-15(17)16-11-19(24)23-20-18(12-28-21(16)20)29(25,26)14-9-7-13(22)8-10-14/h3-10,12,16H,2,11H2,1H3,(H,23,24). The molecule has 4 rings (SSSR count).